The summed E-state index contributed by atoms with van der Waals surface area (Å²) >= 11 is 0. The van der Waals surface area contributed by atoms with Gasteiger partial charge in [-0.25, -0.2) is 0 Å². The van der Waals surface area contributed by atoms with Crippen molar-refractivity contribution in [3.05, 3.63) is 76.6 Å². The van der Waals surface area contributed by atoms with Crippen molar-refractivity contribution in [2.45, 2.75) is 19.8 Å². The van der Waals surface area contributed by atoms with Crippen molar-refractivity contribution in [3.63, 3.8) is 0 Å². The highest BCUT2D eigenvalue weighted by atomic mass is 16.1. The Hall–Kier alpha value is -2.88. The maximum atomic E-state index is 13.1. The van der Waals surface area contributed by atoms with Crippen molar-refractivity contribution < 1.29 is 14.4 Å². The summed E-state index contributed by atoms with van der Waals surface area (Å²) in [4.78, 5) is 42.9. The van der Waals surface area contributed by atoms with Crippen molar-refractivity contribution in [2.24, 2.45) is 11.8 Å². The van der Waals surface area contributed by atoms with Gasteiger partial charge in [0.15, 0.2) is 11.6 Å². The van der Waals surface area contributed by atoms with E-state index in [2.05, 4.69) is 4.98 Å². The van der Waals surface area contributed by atoms with Crippen LogP contribution in [0.1, 0.15) is 39.8 Å². The first-order valence-electron chi connectivity index (χ1n) is 8.43. The van der Waals surface area contributed by atoms with Gasteiger partial charge in [-0.15, -0.1) is 0 Å². The van der Waals surface area contributed by atoms with Gasteiger partial charge >= 0.3 is 0 Å². The summed E-state index contributed by atoms with van der Waals surface area (Å²) < 4.78 is 0. The number of nitrogens with zero attached hydrogens (tertiary/aromatic N) is 1. The quantitative estimate of drug-likeness (QED) is 0.847. The van der Waals surface area contributed by atoms with E-state index >= 15 is 0 Å². The number of ketones is 3. The van der Waals surface area contributed by atoms with Crippen molar-refractivity contribution in [1.82, 2.24) is 4.98 Å². The average molecular weight is 331 g/mol. The number of fused-ring (bicyclic) bond motifs is 1. The lowest BCUT2D eigenvalue weighted by Crippen LogP contribution is -2.37. The number of carbonyl (C=O) groups is 3. The molecule has 0 aliphatic heterocycles. The van der Waals surface area contributed by atoms with Gasteiger partial charge in [-0.1, -0.05) is 37.3 Å². The SMILES string of the molecule is CC1C(=O)CC(Cc2ccccn2)C2=C1C(=O)c1ccccc1C2=O. The molecule has 0 spiro atoms. The zero-order chi connectivity index (χ0) is 17.6. The van der Waals surface area contributed by atoms with Crippen LogP contribution in [0.5, 0.6) is 0 Å². The smallest absolute Gasteiger partial charge is 0.190 e. The lowest BCUT2D eigenvalue weighted by molar-refractivity contribution is -0.122. The zero-order valence-electron chi connectivity index (χ0n) is 13.9. The number of Topliss-reactive ketones (excluding diaryl/α,β-unsaturated/α-hetero) is 3. The Kier molecular flexibility index (Phi) is 3.68. The standard InChI is InChI=1S/C21H17NO3/c1-12-17(23)11-13(10-14-6-4-5-9-22-14)19-18(12)20(24)15-7-2-3-8-16(15)21(19)25/h2-9,12-13H,10-11H2,1H3. The molecule has 4 heteroatoms. The van der Waals surface area contributed by atoms with Gasteiger partial charge in [-0.2, -0.15) is 0 Å². The van der Waals surface area contributed by atoms with Crippen LogP contribution in [-0.2, 0) is 11.2 Å². The molecule has 0 radical (unpaired) electrons. The number of rotatable bonds is 2. The second-order valence-corrected chi connectivity index (χ2v) is 6.65. The largest absolute Gasteiger partial charge is 0.299 e. The molecule has 4 nitrogen and oxygen atoms in total. The highest BCUT2D eigenvalue weighted by Gasteiger charge is 2.43. The highest BCUT2D eigenvalue weighted by molar-refractivity contribution is 6.29. The van der Waals surface area contributed by atoms with Crippen LogP contribution in [0.15, 0.2) is 59.8 Å². The van der Waals surface area contributed by atoms with E-state index in [9.17, 15) is 14.4 Å². The summed E-state index contributed by atoms with van der Waals surface area (Å²) in [5, 5.41) is 0. The van der Waals surface area contributed by atoms with Crippen LogP contribution in [0.25, 0.3) is 0 Å². The van der Waals surface area contributed by atoms with E-state index in [1.807, 2.05) is 18.2 Å². The molecule has 124 valence electrons. The van der Waals surface area contributed by atoms with E-state index in [0.29, 0.717) is 28.7 Å². The minimum Gasteiger partial charge on any atom is -0.299 e. The maximum Gasteiger partial charge on any atom is 0.190 e. The summed E-state index contributed by atoms with van der Waals surface area (Å²) in [7, 11) is 0. The first-order chi connectivity index (χ1) is 12.1. The number of carbonyl (C=O) groups excluding carboxylic acids is 3. The molecule has 0 N–H and O–H groups in total. The minimum absolute atomic E-state index is 0.0141. The molecule has 0 fully saturated rings. The van der Waals surface area contributed by atoms with E-state index in [1.54, 1.807) is 37.4 Å². The topological polar surface area (TPSA) is 64.1 Å². The number of aromatic nitrogens is 1. The predicted molar refractivity (Wildman–Crippen MR) is 92.3 cm³/mol. The Bertz CT molecular complexity index is 927. The lowest BCUT2D eigenvalue weighted by atomic mass is 9.67. The normalized spacial score (nSPS) is 22.7. The fourth-order valence-corrected chi connectivity index (χ4v) is 3.88. The minimum atomic E-state index is -0.528. The van der Waals surface area contributed by atoms with Crippen molar-refractivity contribution in [2.75, 3.05) is 0 Å². The number of benzene rings is 1. The Morgan fingerprint density at radius 1 is 0.920 bits per heavy atom. The van der Waals surface area contributed by atoms with Gasteiger partial charge in [-0.05, 0) is 18.6 Å². The molecule has 1 aromatic carbocycles. The molecule has 1 aromatic heterocycles. The first kappa shape index (κ1) is 15.6. The summed E-state index contributed by atoms with van der Waals surface area (Å²) in [5.41, 5.74) is 2.58. The molecule has 0 amide bonds. The molecule has 2 unspecified atom stereocenters. The van der Waals surface area contributed by atoms with Crippen LogP contribution >= 0.6 is 0 Å². The molecule has 4 rings (SSSR count). The van der Waals surface area contributed by atoms with E-state index in [1.165, 1.54) is 0 Å². The van der Waals surface area contributed by atoms with Crippen LogP contribution in [0, 0.1) is 11.8 Å². The third kappa shape index (κ3) is 2.45. The van der Waals surface area contributed by atoms with E-state index in [4.69, 9.17) is 0 Å². The monoisotopic (exact) mass is 331 g/mol. The molecule has 0 bridgehead atoms. The van der Waals surface area contributed by atoms with Gasteiger partial charge in [0.05, 0.1) is 0 Å². The van der Waals surface area contributed by atoms with Crippen LogP contribution < -0.4 is 0 Å². The molecular weight excluding hydrogens is 314 g/mol. The molecule has 25 heavy (non-hydrogen) atoms. The molecule has 0 saturated carbocycles. The number of hydrogen-bond donors (Lipinski definition) is 0. The number of pyridine rings is 1. The zero-order valence-corrected chi connectivity index (χ0v) is 13.9. The van der Waals surface area contributed by atoms with Crippen molar-refractivity contribution in [1.29, 1.82) is 0 Å². The summed E-state index contributed by atoms with van der Waals surface area (Å²) in [5.74, 6) is -1.11. The maximum absolute atomic E-state index is 13.1. The second kappa shape index (κ2) is 5.88. The number of allylic oxidation sites excluding steroid dienone is 2. The molecular formula is C21H17NO3. The molecule has 1 heterocycles. The first-order valence-corrected chi connectivity index (χ1v) is 8.43. The van der Waals surface area contributed by atoms with Crippen molar-refractivity contribution >= 4 is 17.3 Å². The highest BCUT2D eigenvalue weighted by Crippen LogP contribution is 2.41. The molecule has 2 aliphatic carbocycles. The molecule has 0 saturated heterocycles. The summed E-state index contributed by atoms with van der Waals surface area (Å²) in [6, 6.07) is 12.5. The fraction of sp³-hybridized carbons (Fsp3) is 0.238. The Labute approximate surface area is 145 Å². The Morgan fingerprint density at radius 3 is 2.20 bits per heavy atom. The van der Waals surface area contributed by atoms with Crippen molar-refractivity contribution in [3.8, 4) is 0 Å². The third-order valence-electron chi connectivity index (χ3n) is 5.15. The predicted octanol–water partition coefficient (Wildman–Crippen LogP) is 3.23. The van der Waals surface area contributed by atoms with Crippen LogP contribution in [-0.4, -0.2) is 22.3 Å². The van der Waals surface area contributed by atoms with Crippen LogP contribution in [0.2, 0.25) is 0 Å². The molecule has 2 atom stereocenters. The summed E-state index contributed by atoms with van der Waals surface area (Å²) in [6.07, 6.45) is 2.46. The summed E-state index contributed by atoms with van der Waals surface area (Å²) in [6.45, 7) is 1.73. The molecule has 2 aliphatic rings. The average Bonchev–Trinajstić information content (AvgIpc) is 2.63. The van der Waals surface area contributed by atoms with Gasteiger partial charge in [0.2, 0.25) is 0 Å². The second-order valence-electron chi connectivity index (χ2n) is 6.65. The Balaban J connectivity index is 1.84. The number of hydrogen-bond acceptors (Lipinski definition) is 4. The third-order valence-corrected chi connectivity index (χ3v) is 5.15. The van der Waals surface area contributed by atoms with E-state index < -0.39 is 5.92 Å². The fourth-order valence-electron chi connectivity index (χ4n) is 3.88. The van der Waals surface area contributed by atoms with Crippen LogP contribution in [0.4, 0.5) is 0 Å². The van der Waals surface area contributed by atoms with E-state index in [0.717, 1.165) is 5.69 Å². The van der Waals surface area contributed by atoms with E-state index in [-0.39, 0.29) is 29.7 Å². The van der Waals surface area contributed by atoms with Gasteiger partial charge < -0.3 is 0 Å². The Morgan fingerprint density at radius 2 is 1.56 bits per heavy atom. The van der Waals surface area contributed by atoms with Crippen LogP contribution in [0.3, 0.4) is 0 Å². The van der Waals surface area contributed by atoms with Gasteiger partial charge in [0.25, 0.3) is 0 Å². The lowest BCUT2D eigenvalue weighted by Gasteiger charge is -2.33. The van der Waals surface area contributed by atoms with Gasteiger partial charge in [0, 0.05) is 52.4 Å². The van der Waals surface area contributed by atoms with Gasteiger partial charge in [-0.3, -0.25) is 19.4 Å². The molecule has 2 aromatic rings. The van der Waals surface area contributed by atoms with Gasteiger partial charge in [0.1, 0.15) is 5.78 Å².